The second-order valence-electron chi connectivity index (χ2n) is 4.79. The van der Waals surface area contributed by atoms with Crippen LogP contribution in [0.5, 0.6) is 5.88 Å². The summed E-state index contributed by atoms with van der Waals surface area (Å²) in [6.45, 7) is 1.94. The van der Waals surface area contributed by atoms with Crippen molar-refractivity contribution in [3.05, 3.63) is 59.2 Å². The maximum atomic E-state index is 13.5. The Morgan fingerprint density at radius 3 is 2.71 bits per heavy atom. The Morgan fingerprint density at radius 2 is 1.95 bits per heavy atom. The van der Waals surface area contributed by atoms with Crippen molar-refractivity contribution >= 4 is 22.8 Å². The zero-order valence-corrected chi connectivity index (χ0v) is 11.2. The Morgan fingerprint density at radius 1 is 1.14 bits per heavy atom. The second-order valence-corrected chi connectivity index (χ2v) is 4.79. The number of aromatic hydroxyl groups is 1. The minimum Gasteiger partial charge on any atom is -0.494 e. The van der Waals surface area contributed by atoms with E-state index < -0.39 is 11.6 Å². The van der Waals surface area contributed by atoms with E-state index in [2.05, 4.69) is 9.98 Å². The van der Waals surface area contributed by atoms with Crippen molar-refractivity contribution < 1.29 is 13.9 Å². The number of benzene rings is 2. The molecule has 2 aromatic carbocycles. The molecule has 0 spiro atoms. The summed E-state index contributed by atoms with van der Waals surface area (Å²) >= 11 is 0. The maximum Gasteiger partial charge on any atom is 0.198 e. The number of aromatic nitrogens is 1. The van der Waals surface area contributed by atoms with Gasteiger partial charge in [-0.25, -0.2) is 8.78 Å². The number of nitrogens with zero attached hydrogens (tertiary/aromatic N) is 1. The molecule has 0 saturated carbocycles. The Bertz CT molecular complexity index is 853. The van der Waals surface area contributed by atoms with Gasteiger partial charge in [0.05, 0.1) is 11.3 Å². The molecule has 0 unspecified atom stereocenters. The first-order valence-corrected chi connectivity index (χ1v) is 6.35. The van der Waals surface area contributed by atoms with Crippen LogP contribution in [0.2, 0.25) is 0 Å². The molecular weight excluding hydrogens is 274 g/mol. The smallest absolute Gasteiger partial charge is 0.198 e. The lowest BCUT2D eigenvalue weighted by Crippen LogP contribution is -1.83. The van der Waals surface area contributed by atoms with Gasteiger partial charge in [-0.05, 0) is 30.7 Å². The van der Waals surface area contributed by atoms with Crippen LogP contribution < -0.4 is 0 Å². The number of aryl methyl sites for hydroxylation is 1. The first-order chi connectivity index (χ1) is 10.0. The Labute approximate surface area is 119 Å². The Kier molecular flexibility index (Phi) is 3.17. The fourth-order valence-corrected chi connectivity index (χ4v) is 2.17. The monoisotopic (exact) mass is 286 g/mol. The zero-order chi connectivity index (χ0) is 15.0. The average molecular weight is 286 g/mol. The molecule has 1 heterocycles. The van der Waals surface area contributed by atoms with Crippen molar-refractivity contribution in [3.63, 3.8) is 0 Å². The molecule has 1 aromatic heterocycles. The van der Waals surface area contributed by atoms with Gasteiger partial charge in [-0.1, -0.05) is 12.1 Å². The third-order valence-corrected chi connectivity index (χ3v) is 3.22. The van der Waals surface area contributed by atoms with Crippen molar-refractivity contribution in [1.29, 1.82) is 0 Å². The molecule has 106 valence electrons. The standard InChI is InChI=1S/C16H12F2N2O/c1-9-2-4-11-12(16(21)20-15(11)6-9)8-19-14-5-3-10(17)7-13(14)18/h2-8,20-21H,1H3. The van der Waals surface area contributed by atoms with E-state index in [-0.39, 0.29) is 11.6 Å². The molecule has 5 heteroatoms. The molecule has 0 radical (unpaired) electrons. The summed E-state index contributed by atoms with van der Waals surface area (Å²) in [5.41, 5.74) is 2.30. The summed E-state index contributed by atoms with van der Waals surface area (Å²) in [6.07, 6.45) is 1.36. The van der Waals surface area contributed by atoms with Crippen molar-refractivity contribution in [2.45, 2.75) is 6.92 Å². The Balaban J connectivity index is 2.05. The van der Waals surface area contributed by atoms with Crippen LogP contribution >= 0.6 is 0 Å². The molecule has 0 aliphatic carbocycles. The van der Waals surface area contributed by atoms with Gasteiger partial charge in [0.25, 0.3) is 0 Å². The highest BCUT2D eigenvalue weighted by molar-refractivity contribution is 6.02. The summed E-state index contributed by atoms with van der Waals surface area (Å²) in [7, 11) is 0. The van der Waals surface area contributed by atoms with Crippen molar-refractivity contribution in [1.82, 2.24) is 4.98 Å². The average Bonchev–Trinajstić information content (AvgIpc) is 2.72. The van der Waals surface area contributed by atoms with Crippen LogP contribution in [0, 0.1) is 18.6 Å². The van der Waals surface area contributed by atoms with E-state index in [4.69, 9.17) is 0 Å². The molecule has 0 aliphatic rings. The van der Waals surface area contributed by atoms with E-state index in [1.165, 1.54) is 12.3 Å². The highest BCUT2D eigenvalue weighted by Gasteiger charge is 2.09. The molecule has 3 aromatic rings. The third-order valence-electron chi connectivity index (χ3n) is 3.22. The molecule has 0 aliphatic heterocycles. The fourth-order valence-electron chi connectivity index (χ4n) is 2.17. The van der Waals surface area contributed by atoms with Gasteiger partial charge in [-0.3, -0.25) is 4.99 Å². The molecule has 2 N–H and O–H groups in total. The lowest BCUT2D eigenvalue weighted by Gasteiger charge is -1.97. The molecule has 0 atom stereocenters. The van der Waals surface area contributed by atoms with Crippen LogP contribution in [0.15, 0.2) is 41.4 Å². The van der Waals surface area contributed by atoms with Gasteiger partial charge in [0, 0.05) is 23.2 Å². The number of nitrogens with one attached hydrogen (secondary N) is 1. The molecule has 0 saturated heterocycles. The van der Waals surface area contributed by atoms with Crippen LogP contribution in [0.25, 0.3) is 10.9 Å². The normalized spacial score (nSPS) is 11.6. The summed E-state index contributed by atoms with van der Waals surface area (Å²) in [5.74, 6) is -1.44. The van der Waals surface area contributed by atoms with Crippen molar-refractivity contribution in [2.24, 2.45) is 4.99 Å². The second kappa shape index (κ2) is 5.01. The molecule has 3 rings (SSSR count). The molecular formula is C16H12F2N2O. The predicted molar refractivity (Wildman–Crippen MR) is 78.3 cm³/mol. The van der Waals surface area contributed by atoms with E-state index in [1.54, 1.807) is 0 Å². The van der Waals surface area contributed by atoms with Crippen LogP contribution in [0.4, 0.5) is 14.5 Å². The topological polar surface area (TPSA) is 48.4 Å². The first kappa shape index (κ1) is 13.3. The predicted octanol–water partition coefficient (Wildman–Crippen LogP) is 4.21. The lowest BCUT2D eigenvalue weighted by molar-refractivity contribution is 0.457. The van der Waals surface area contributed by atoms with E-state index in [0.717, 1.165) is 28.6 Å². The summed E-state index contributed by atoms with van der Waals surface area (Å²) in [4.78, 5) is 6.81. The van der Waals surface area contributed by atoms with Gasteiger partial charge in [0.2, 0.25) is 0 Å². The van der Waals surface area contributed by atoms with Gasteiger partial charge < -0.3 is 10.1 Å². The largest absolute Gasteiger partial charge is 0.494 e. The lowest BCUT2D eigenvalue weighted by atomic mass is 10.1. The van der Waals surface area contributed by atoms with Crippen molar-refractivity contribution in [2.75, 3.05) is 0 Å². The SMILES string of the molecule is Cc1ccc2c(C=Nc3ccc(F)cc3F)c(O)[nH]c2c1. The minimum atomic E-state index is -0.749. The Hall–Kier alpha value is -2.69. The minimum absolute atomic E-state index is 0.0114. The van der Waals surface area contributed by atoms with Gasteiger partial charge in [0.15, 0.2) is 11.7 Å². The highest BCUT2D eigenvalue weighted by atomic mass is 19.1. The van der Waals surface area contributed by atoms with Crippen LogP contribution in [-0.2, 0) is 0 Å². The van der Waals surface area contributed by atoms with E-state index in [1.807, 2.05) is 25.1 Å². The number of fused-ring (bicyclic) bond motifs is 1. The molecule has 21 heavy (non-hydrogen) atoms. The molecule has 0 amide bonds. The van der Waals surface area contributed by atoms with Crippen molar-refractivity contribution in [3.8, 4) is 5.88 Å². The number of aliphatic imine (C=N–C) groups is 1. The third kappa shape index (κ3) is 2.50. The van der Waals surface area contributed by atoms with Crippen LogP contribution in [-0.4, -0.2) is 16.3 Å². The number of rotatable bonds is 2. The zero-order valence-electron chi connectivity index (χ0n) is 11.2. The number of hydrogen-bond acceptors (Lipinski definition) is 2. The number of halogens is 2. The fraction of sp³-hybridized carbons (Fsp3) is 0.0625. The van der Waals surface area contributed by atoms with E-state index >= 15 is 0 Å². The van der Waals surface area contributed by atoms with Crippen LogP contribution in [0.3, 0.4) is 0 Å². The number of H-pyrrole nitrogens is 1. The first-order valence-electron chi connectivity index (χ1n) is 6.35. The molecule has 0 fully saturated rings. The van der Waals surface area contributed by atoms with Gasteiger partial charge in [0.1, 0.15) is 5.82 Å². The van der Waals surface area contributed by atoms with Gasteiger partial charge >= 0.3 is 0 Å². The molecule has 3 nitrogen and oxygen atoms in total. The van der Waals surface area contributed by atoms with Crippen LogP contribution in [0.1, 0.15) is 11.1 Å². The van der Waals surface area contributed by atoms with Gasteiger partial charge in [-0.2, -0.15) is 0 Å². The van der Waals surface area contributed by atoms with E-state index in [9.17, 15) is 13.9 Å². The van der Waals surface area contributed by atoms with E-state index in [0.29, 0.717) is 5.56 Å². The molecule has 0 bridgehead atoms. The summed E-state index contributed by atoms with van der Waals surface area (Å²) in [5, 5.41) is 10.7. The number of hydrogen-bond donors (Lipinski definition) is 2. The quantitative estimate of drug-likeness (QED) is 0.681. The maximum absolute atomic E-state index is 13.5. The summed E-state index contributed by atoms with van der Waals surface area (Å²) < 4.78 is 26.4. The number of aromatic amines is 1. The van der Waals surface area contributed by atoms with Gasteiger partial charge in [-0.15, -0.1) is 0 Å². The highest BCUT2D eigenvalue weighted by Crippen LogP contribution is 2.27. The summed E-state index contributed by atoms with van der Waals surface area (Å²) in [6, 6.07) is 8.80.